The number of fused-ring (bicyclic) bond motifs is 1. The molecule has 0 saturated heterocycles. The zero-order chi connectivity index (χ0) is 15.4. The van der Waals surface area contributed by atoms with Gasteiger partial charge in [0.15, 0.2) is 0 Å². The number of hydrogen-bond donors (Lipinski definition) is 2. The molecule has 22 heavy (non-hydrogen) atoms. The smallest absolute Gasteiger partial charge is 0.221 e. The number of rotatable bonds is 6. The zero-order valence-corrected chi connectivity index (χ0v) is 12.0. The van der Waals surface area contributed by atoms with Gasteiger partial charge in [0.1, 0.15) is 11.9 Å². The predicted molar refractivity (Wildman–Crippen MR) is 81.0 cm³/mol. The Kier molecular flexibility index (Phi) is 4.20. The van der Waals surface area contributed by atoms with Gasteiger partial charge >= 0.3 is 0 Å². The van der Waals surface area contributed by atoms with Crippen LogP contribution in [0, 0.1) is 0 Å². The average molecular weight is 299 g/mol. The third-order valence-corrected chi connectivity index (χ3v) is 3.47. The van der Waals surface area contributed by atoms with Crippen LogP contribution in [-0.2, 0) is 11.3 Å². The van der Waals surface area contributed by atoms with Crippen molar-refractivity contribution < 1.29 is 14.3 Å². The molecule has 3 rings (SSSR count). The second-order valence-corrected chi connectivity index (χ2v) is 5.01. The number of amides is 1. The fourth-order valence-corrected chi connectivity index (χ4v) is 2.29. The van der Waals surface area contributed by atoms with Crippen LogP contribution in [0.3, 0.4) is 0 Å². The van der Waals surface area contributed by atoms with Crippen molar-refractivity contribution in [2.75, 3.05) is 6.54 Å². The van der Waals surface area contributed by atoms with Crippen molar-refractivity contribution >= 4 is 16.9 Å². The minimum absolute atomic E-state index is 0.122. The maximum atomic E-state index is 11.9. The third-order valence-electron chi connectivity index (χ3n) is 3.47. The Labute approximate surface area is 127 Å². The number of benzene rings is 1. The Morgan fingerprint density at radius 3 is 3.00 bits per heavy atom. The maximum absolute atomic E-state index is 11.9. The van der Waals surface area contributed by atoms with Crippen molar-refractivity contribution in [3.8, 4) is 0 Å². The molecule has 0 unspecified atom stereocenters. The molecule has 1 atom stereocenters. The molecule has 0 aliphatic carbocycles. The quantitative estimate of drug-likeness (QED) is 0.728. The van der Waals surface area contributed by atoms with E-state index in [1.165, 1.54) is 6.26 Å². The number of imidazole rings is 1. The summed E-state index contributed by atoms with van der Waals surface area (Å²) >= 11 is 0. The van der Waals surface area contributed by atoms with Crippen LogP contribution in [0.1, 0.15) is 18.3 Å². The number of carbonyl (C=O) groups excluding carboxylic acids is 1. The highest BCUT2D eigenvalue weighted by Crippen LogP contribution is 2.13. The van der Waals surface area contributed by atoms with Crippen molar-refractivity contribution in [3.05, 3.63) is 54.7 Å². The second kappa shape index (κ2) is 6.44. The number of furan rings is 1. The van der Waals surface area contributed by atoms with Crippen LogP contribution in [-0.4, -0.2) is 27.1 Å². The molecular formula is C16H17N3O3. The molecule has 2 aromatic heterocycles. The number of aliphatic hydroxyl groups excluding tert-OH is 1. The first-order valence-electron chi connectivity index (χ1n) is 7.12. The standard InChI is InChI=1S/C16H17N3O3/c20-14(15-6-3-9-22-15)10-17-16(21)7-8-19-11-18-12-4-1-2-5-13(12)19/h1-6,9,11,14,20H,7-8,10H2,(H,17,21)/t14-/m1/s1. The largest absolute Gasteiger partial charge is 0.467 e. The van der Waals surface area contributed by atoms with Gasteiger partial charge in [0, 0.05) is 13.0 Å². The molecule has 0 aliphatic rings. The van der Waals surface area contributed by atoms with Crippen LogP contribution in [0.5, 0.6) is 0 Å². The summed E-state index contributed by atoms with van der Waals surface area (Å²) in [6.45, 7) is 0.681. The lowest BCUT2D eigenvalue weighted by Crippen LogP contribution is -2.28. The van der Waals surface area contributed by atoms with Gasteiger partial charge in [-0.05, 0) is 24.3 Å². The number of aliphatic hydroxyl groups is 1. The normalized spacial score (nSPS) is 12.4. The first-order chi connectivity index (χ1) is 10.7. The molecule has 2 N–H and O–H groups in total. The van der Waals surface area contributed by atoms with Crippen LogP contribution in [0.2, 0.25) is 0 Å². The van der Waals surface area contributed by atoms with Crippen molar-refractivity contribution in [1.82, 2.24) is 14.9 Å². The lowest BCUT2D eigenvalue weighted by Gasteiger charge is -2.10. The molecule has 1 aromatic carbocycles. The SMILES string of the molecule is O=C(CCn1cnc2ccccc21)NC[C@@H](O)c1ccco1. The van der Waals surface area contributed by atoms with E-state index in [2.05, 4.69) is 10.3 Å². The van der Waals surface area contributed by atoms with E-state index in [-0.39, 0.29) is 12.5 Å². The van der Waals surface area contributed by atoms with E-state index >= 15 is 0 Å². The van der Waals surface area contributed by atoms with Crippen molar-refractivity contribution in [2.45, 2.75) is 19.1 Å². The molecule has 2 heterocycles. The number of carbonyl (C=O) groups is 1. The Morgan fingerprint density at radius 2 is 2.18 bits per heavy atom. The number of nitrogens with zero attached hydrogens (tertiary/aromatic N) is 2. The topological polar surface area (TPSA) is 80.3 Å². The summed E-state index contributed by atoms with van der Waals surface area (Å²) in [6.07, 6.45) is 2.72. The number of aromatic nitrogens is 2. The van der Waals surface area contributed by atoms with Crippen LogP contribution in [0.4, 0.5) is 0 Å². The Balaban J connectivity index is 1.50. The molecule has 0 spiro atoms. The second-order valence-electron chi connectivity index (χ2n) is 5.01. The number of hydrogen-bond acceptors (Lipinski definition) is 4. The molecule has 0 aliphatic heterocycles. The van der Waals surface area contributed by atoms with Crippen molar-refractivity contribution in [3.63, 3.8) is 0 Å². The van der Waals surface area contributed by atoms with E-state index < -0.39 is 6.10 Å². The van der Waals surface area contributed by atoms with E-state index in [0.717, 1.165) is 11.0 Å². The van der Waals surface area contributed by atoms with E-state index in [1.54, 1.807) is 18.5 Å². The summed E-state index contributed by atoms with van der Waals surface area (Å²) in [5.74, 6) is 0.323. The first-order valence-corrected chi connectivity index (χ1v) is 7.12. The summed E-state index contributed by atoms with van der Waals surface area (Å²) in [6, 6.07) is 11.2. The molecule has 6 nitrogen and oxygen atoms in total. The van der Waals surface area contributed by atoms with Gasteiger partial charge in [0.05, 0.1) is 30.2 Å². The molecule has 0 fully saturated rings. The first kappa shape index (κ1) is 14.3. The highest BCUT2D eigenvalue weighted by molar-refractivity contribution is 5.77. The van der Waals surface area contributed by atoms with E-state index in [4.69, 9.17) is 4.42 Å². The molecule has 3 aromatic rings. The summed E-state index contributed by atoms with van der Waals surface area (Å²) in [5.41, 5.74) is 1.92. The lowest BCUT2D eigenvalue weighted by atomic mass is 10.2. The maximum Gasteiger partial charge on any atom is 0.221 e. The van der Waals surface area contributed by atoms with Gasteiger partial charge in [-0.3, -0.25) is 4.79 Å². The van der Waals surface area contributed by atoms with Gasteiger partial charge in [-0.2, -0.15) is 0 Å². The Hall–Kier alpha value is -2.60. The highest BCUT2D eigenvalue weighted by Gasteiger charge is 2.12. The summed E-state index contributed by atoms with van der Waals surface area (Å²) in [5, 5.41) is 12.5. The predicted octanol–water partition coefficient (Wildman–Crippen LogP) is 1.87. The average Bonchev–Trinajstić information content (AvgIpc) is 3.20. The van der Waals surface area contributed by atoms with Gasteiger partial charge in [-0.1, -0.05) is 12.1 Å². The Morgan fingerprint density at radius 1 is 1.32 bits per heavy atom. The fourth-order valence-electron chi connectivity index (χ4n) is 2.29. The van der Waals surface area contributed by atoms with Gasteiger partial charge in [-0.25, -0.2) is 4.98 Å². The molecular weight excluding hydrogens is 282 g/mol. The highest BCUT2D eigenvalue weighted by atomic mass is 16.4. The van der Waals surface area contributed by atoms with E-state index in [0.29, 0.717) is 18.7 Å². The summed E-state index contributed by atoms with van der Waals surface area (Å²) < 4.78 is 7.02. The summed E-state index contributed by atoms with van der Waals surface area (Å²) in [4.78, 5) is 16.1. The minimum atomic E-state index is -0.826. The molecule has 6 heteroatoms. The number of para-hydroxylation sites is 2. The van der Waals surface area contributed by atoms with Gasteiger partial charge in [0.2, 0.25) is 5.91 Å². The van der Waals surface area contributed by atoms with E-state index in [1.807, 2.05) is 28.8 Å². The monoisotopic (exact) mass is 299 g/mol. The lowest BCUT2D eigenvalue weighted by molar-refractivity contribution is -0.121. The molecule has 0 saturated carbocycles. The molecule has 114 valence electrons. The van der Waals surface area contributed by atoms with Crippen molar-refractivity contribution in [1.29, 1.82) is 0 Å². The van der Waals surface area contributed by atoms with Crippen LogP contribution >= 0.6 is 0 Å². The zero-order valence-electron chi connectivity index (χ0n) is 12.0. The Bertz CT molecular complexity index is 749. The number of aryl methyl sites for hydroxylation is 1. The van der Waals surface area contributed by atoms with Gasteiger partial charge in [-0.15, -0.1) is 0 Å². The van der Waals surface area contributed by atoms with Crippen LogP contribution in [0.25, 0.3) is 11.0 Å². The molecule has 0 bridgehead atoms. The third kappa shape index (κ3) is 3.17. The molecule has 1 amide bonds. The molecule has 0 radical (unpaired) electrons. The van der Waals surface area contributed by atoms with Crippen LogP contribution < -0.4 is 5.32 Å². The summed E-state index contributed by atoms with van der Waals surface area (Å²) in [7, 11) is 0. The van der Waals surface area contributed by atoms with Gasteiger partial charge in [0.25, 0.3) is 0 Å². The van der Waals surface area contributed by atoms with Crippen LogP contribution in [0.15, 0.2) is 53.4 Å². The van der Waals surface area contributed by atoms with Gasteiger partial charge < -0.3 is 19.4 Å². The van der Waals surface area contributed by atoms with E-state index in [9.17, 15) is 9.90 Å². The minimum Gasteiger partial charge on any atom is -0.467 e. The fraction of sp³-hybridized carbons (Fsp3) is 0.250. The van der Waals surface area contributed by atoms with Crippen molar-refractivity contribution in [2.24, 2.45) is 0 Å². The number of nitrogens with one attached hydrogen (secondary N) is 1.